The maximum atomic E-state index is 12.0. The van der Waals surface area contributed by atoms with Gasteiger partial charge in [-0.25, -0.2) is 13.1 Å². The van der Waals surface area contributed by atoms with E-state index in [9.17, 15) is 21.6 Å². The third-order valence-corrected chi connectivity index (χ3v) is 4.61. The molecule has 1 saturated carbocycles. The first-order chi connectivity index (χ1) is 9.17. The predicted octanol–water partition coefficient (Wildman–Crippen LogP) is 2.66. The molecule has 112 valence electrons. The van der Waals surface area contributed by atoms with E-state index < -0.39 is 22.1 Å². The quantitative estimate of drug-likeness (QED) is 0.910. The van der Waals surface area contributed by atoms with Crippen LogP contribution < -0.4 is 9.46 Å². The van der Waals surface area contributed by atoms with Gasteiger partial charge in [0.05, 0.1) is 4.90 Å². The molecule has 1 aliphatic rings. The number of nitrogens with one attached hydrogen (secondary N) is 1. The average Bonchev–Trinajstić information content (AvgIpc) is 3.10. The van der Waals surface area contributed by atoms with Crippen LogP contribution in [0.1, 0.15) is 19.8 Å². The second-order valence-corrected chi connectivity index (χ2v) is 6.48. The molecule has 0 bridgehead atoms. The number of rotatable bonds is 5. The summed E-state index contributed by atoms with van der Waals surface area (Å²) in [5.41, 5.74) is 0. The van der Waals surface area contributed by atoms with Gasteiger partial charge in [-0.15, -0.1) is 13.2 Å². The van der Waals surface area contributed by atoms with Crippen LogP contribution in [0.15, 0.2) is 29.2 Å². The fraction of sp³-hybridized carbons (Fsp3) is 0.500. The summed E-state index contributed by atoms with van der Waals surface area (Å²) in [6.45, 7) is 1.77. The molecular formula is C12H14F3NO3S. The number of hydrogen-bond donors (Lipinski definition) is 1. The molecule has 1 atom stereocenters. The van der Waals surface area contributed by atoms with Crippen molar-refractivity contribution in [2.45, 2.75) is 37.1 Å². The Hall–Kier alpha value is -1.28. The summed E-state index contributed by atoms with van der Waals surface area (Å²) in [7, 11) is -3.71. The second-order valence-electron chi connectivity index (χ2n) is 4.77. The first-order valence-electron chi connectivity index (χ1n) is 6.05. The standard InChI is InChI=1S/C12H14F3NO3S/c1-8(9-2-3-9)16-20(17,18)11-6-4-10(5-7-11)19-12(13,14)15/h4-9,16H,2-3H2,1H3/t8-/m0/s1. The predicted molar refractivity (Wildman–Crippen MR) is 65.6 cm³/mol. The van der Waals surface area contributed by atoms with E-state index in [-0.39, 0.29) is 10.9 Å². The zero-order valence-electron chi connectivity index (χ0n) is 10.6. The van der Waals surface area contributed by atoms with Crippen LogP contribution in [0.3, 0.4) is 0 Å². The fourth-order valence-electron chi connectivity index (χ4n) is 1.83. The summed E-state index contributed by atoms with van der Waals surface area (Å²) in [5.74, 6) is -0.107. The number of alkyl halides is 3. The molecule has 2 rings (SSSR count). The van der Waals surface area contributed by atoms with Crippen LogP contribution in [0.5, 0.6) is 5.75 Å². The Labute approximate surface area is 115 Å². The zero-order chi connectivity index (χ0) is 15.0. The molecule has 0 amide bonds. The third kappa shape index (κ3) is 4.11. The SMILES string of the molecule is C[C@H](NS(=O)(=O)c1ccc(OC(F)(F)F)cc1)C1CC1. The zero-order valence-corrected chi connectivity index (χ0v) is 11.5. The van der Waals surface area contributed by atoms with Crippen LogP contribution in [0, 0.1) is 5.92 Å². The van der Waals surface area contributed by atoms with E-state index in [0.717, 1.165) is 37.1 Å². The van der Waals surface area contributed by atoms with Gasteiger partial charge in [0.15, 0.2) is 0 Å². The molecule has 20 heavy (non-hydrogen) atoms. The minimum absolute atomic E-state index is 0.0838. The van der Waals surface area contributed by atoms with E-state index in [1.165, 1.54) is 0 Å². The van der Waals surface area contributed by atoms with Crippen LogP contribution >= 0.6 is 0 Å². The first kappa shape index (κ1) is 15.1. The lowest BCUT2D eigenvalue weighted by Crippen LogP contribution is -2.34. The highest BCUT2D eigenvalue weighted by Crippen LogP contribution is 2.33. The lowest BCUT2D eigenvalue weighted by molar-refractivity contribution is -0.274. The number of benzene rings is 1. The summed E-state index contributed by atoms with van der Waals surface area (Å²) in [6.07, 6.45) is -2.82. The minimum Gasteiger partial charge on any atom is -0.406 e. The molecule has 0 spiro atoms. The van der Waals surface area contributed by atoms with Crippen LogP contribution in [0.2, 0.25) is 0 Å². The Morgan fingerprint density at radius 1 is 1.25 bits per heavy atom. The molecule has 0 aliphatic heterocycles. The van der Waals surface area contributed by atoms with Crippen molar-refractivity contribution in [2.75, 3.05) is 0 Å². The molecule has 8 heteroatoms. The number of hydrogen-bond acceptors (Lipinski definition) is 3. The van der Waals surface area contributed by atoms with Crippen LogP contribution in [-0.2, 0) is 10.0 Å². The van der Waals surface area contributed by atoms with Gasteiger partial charge in [0.25, 0.3) is 0 Å². The fourth-order valence-corrected chi connectivity index (χ4v) is 3.14. The number of halogens is 3. The molecule has 0 heterocycles. The van der Waals surface area contributed by atoms with Gasteiger partial charge < -0.3 is 4.74 Å². The van der Waals surface area contributed by atoms with Crippen molar-refractivity contribution in [1.29, 1.82) is 0 Å². The van der Waals surface area contributed by atoms with Crippen molar-refractivity contribution < 1.29 is 26.3 Å². The molecule has 1 N–H and O–H groups in total. The van der Waals surface area contributed by atoms with Gasteiger partial charge in [-0.2, -0.15) is 0 Å². The topological polar surface area (TPSA) is 55.4 Å². The van der Waals surface area contributed by atoms with Gasteiger partial charge in [0.2, 0.25) is 10.0 Å². The molecule has 1 fully saturated rings. The van der Waals surface area contributed by atoms with E-state index in [0.29, 0.717) is 5.92 Å². The molecule has 4 nitrogen and oxygen atoms in total. The summed E-state index contributed by atoms with van der Waals surface area (Å²) in [6, 6.07) is 3.95. The van der Waals surface area contributed by atoms with Gasteiger partial charge in [0.1, 0.15) is 5.75 Å². The van der Waals surface area contributed by atoms with E-state index >= 15 is 0 Å². The van der Waals surface area contributed by atoms with Gasteiger partial charge >= 0.3 is 6.36 Å². The third-order valence-electron chi connectivity index (χ3n) is 3.04. The first-order valence-corrected chi connectivity index (χ1v) is 7.54. The van der Waals surface area contributed by atoms with E-state index in [4.69, 9.17) is 0 Å². The van der Waals surface area contributed by atoms with Gasteiger partial charge in [-0.1, -0.05) is 0 Å². The molecule has 0 radical (unpaired) electrons. The minimum atomic E-state index is -4.79. The highest BCUT2D eigenvalue weighted by molar-refractivity contribution is 7.89. The summed E-state index contributed by atoms with van der Waals surface area (Å²) < 4.78 is 66.2. The van der Waals surface area contributed by atoms with Gasteiger partial charge in [-0.05, 0) is 49.9 Å². The lowest BCUT2D eigenvalue weighted by Gasteiger charge is -2.14. The Morgan fingerprint density at radius 3 is 2.25 bits per heavy atom. The van der Waals surface area contributed by atoms with Gasteiger partial charge in [-0.3, -0.25) is 0 Å². The molecule has 0 saturated heterocycles. The molecule has 1 aromatic carbocycles. The van der Waals surface area contributed by atoms with Crippen molar-refractivity contribution in [3.8, 4) is 5.75 Å². The monoisotopic (exact) mass is 309 g/mol. The van der Waals surface area contributed by atoms with Gasteiger partial charge in [0, 0.05) is 6.04 Å². The molecular weight excluding hydrogens is 295 g/mol. The maximum absolute atomic E-state index is 12.0. The van der Waals surface area contributed by atoms with Crippen LogP contribution in [0.4, 0.5) is 13.2 Å². The summed E-state index contributed by atoms with van der Waals surface area (Å²) in [5, 5.41) is 0. The van der Waals surface area contributed by atoms with Crippen LogP contribution in [-0.4, -0.2) is 20.8 Å². The molecule has 0 aromatic heterocycles. The van der Waals surface area contributed by atoms with Crippen LogP contribution in [0.25, 0.3) is 0 Å². The second kappa shape index (κ2) is 5.25. The average molecular weight is 309 g/mol. The smallest absolute Gasteiger partial charge is 0.406 e. The largest absolute Gasteiger partial charge is 0.573 e. The van der Waals surface area contributed by atoms with Crippen molar-refractivity contribution in [2.24, 2.45) is 5.92 Å². The summed E-state index contributed by atoms with van der Waals surface area (Å²) >= 11 is 0. The Balaban J connectivity index is 2.08. The highest BCUT2D eigenvalue weighted by Gasteiger charge is 2.32. The van der Waals surface area contributed by atoms with Crippen molar-refractivity contribution in [3.05, 3.63) is 24.3 Å². The van der Waals surface area contributed by atoms with E-state index in [1.807, 2.05) is 0 Å². The normalized spacial score (nSPS) is 17.8. The highest BCUT2D eigenvalue weighted by atomic mass is 32.2. The van der Waals surface area contributed by atoms with E-state index in [1.54, 1.807) is 6.92 Å². The Morgan fingerprint density at radius 2 is 1.80 bits per heavy atom. The molecule has 0 unspecified atom stereocenters. The molecule has 1 aliphatic carbocycles. The van der Waals surface area contributed by atoms with E-state index in [2.05, 4.69) is 9.46 Å². The number of ether oxygens (including phenoxy) is 1. The maximum Gasteiger partial charge on any atom is 0.573 e. The summed E-state index contributed by atoms with van der Waals surface area (Å²) in [4.78, 5) is -0.0838. The Kier molecular flexibility index (Phi) is 3.97. The Bertz CT molecular complexity index is 565. The van der Waals surface area contributed by atoms with Crippen molar-refractivity contribution >= 4 is 10.0 Å². The number of sulfonamides is 1. The van der Waals surface area contributed by atoms with Crippen molar-refractivity contribution in [3.63, 3.8) is 0 Å². The molecule has 1 aromatic rings. The van der Waals surface area contributed by atoms with Crippen molar-refractivity contribution in [1.82, 2.24) is 4.72 Å². The lowest BCUT2D eigenvalue weighted by atomic mass is 10.2.